The molecule has 3 nitrogen and oxygen atoms in total. The van der Waals surface area contributed by atoms with Crippen LogP contribution >= 0.6 is 0 Å². The third kappa shape index (κ3) is 3.98. The number of hydrogen-bond acceptors (Lipinski definition) is 3. The molecule has 21 heavy (non-hydrogen) atoms. The first-order valence-electron chi connectivity index (χ1n) is 8.16. The average Bonchev–Trinajstić information content (AvgIpc) is 2.47. The predicted octanol–water partition coefficient (Wildman–Crippen LogP) is 3.98. The van der Waals surface area contributed by atoms with E-state index in [1.54, 1.807) is 0 Å². The number of nitrogens with two attached hydrogens (primary N) is 1. The summed E-state index contributed by atoms with van der Waals surface area (Å²) in [5, 5.41) is 0. The Morgan fingerprint density at radius 3 is 2.19 bits per heavy atom. The summed E-state index contributed by atoms with van der Waals surface area (Å²) in [4.78, 5) is 2.45. The van der Waals surface area contributed by atoms with E-state index in [0.717, 1.165) is 30.8 Å². The van der Waals surface area contributed by atoms with Crippen LogP contribution in [0, 0.1) is 0 Å². The molecule has 0 bridgehead atoms. The Labute approximate surface area is 130 Å². The topological polar surface area (TPSA) is 38.5 Å². The summed E-state index contributed by atoms with van der Waals surface area (Å²) < 4.78 is 5.95. The molecule has 0 aromatic heterocycles. The largest absolute Gasteiger partial charge is 0.491 e. The van der Waals surface area contributed by atoms with Gasteiger partial charge in [-0.3, -0.25) is 4.90 Å². The Kier molecular flexibility index (Phi) is 6.69. The number of benzene rings is 1. The van der Waals surface area contributed by atoms with Crippen LogP contribution in [0.15, 0.2) is 24.3 Å². The third-order valence-corrected chi connectivity index (χ3v) is 4.49. The minimum Gasteiger partial charge on any atom is -0.491 e. The van der Waals surface area contributed by atoms with E-state index in [1.807, 2.05) is 32.0 Å². The van der Waals surface area contributed by atoms with Crippen molar-refractivity contribution in [1.29, 1.82) is 0 Å². The van der Waals surface area contributed by atoms with Gasteiger partial charge in [0.05, 0.1) is 12.1 Å². The summed E-state index contributed by atoms with van der Waals surface area (Å²) >= 11 is 0. The highest BCUT2D eigenvalue weighted by atomic mass is 16.5. The standard InChI is InChI=1S/C18H32N2O/c1-7-18(6,20(8-2)9-3)17(19)15-12-10-11-13-16(15)21-14(4)5/h10-14,17H,7-9,19H2,1-6H3. The molecule has 0 radical (unpaired) electrons. The summed E-state index contributed by atoms with van der Waals surface area (Å²) in [5.41, 5.74) is 7.72. The number of nitrogens with zero attached hydrogens (tertiary/aromatic N) is 1. The van der Waals surface area contributed by atoms with Crippen LogP contribution in [0.25, 0.3) is 0 Å². The van der Waals surface area contributed by atoms with E-state index in [0.29, 0.717) is 0 Å². The van der Waals surface area contributed by atoms with Gasteiger partial charge in [0, 0.05) is 11.1 Å². The summed E-state index contributed by atoms with van der Waals surface area (Å²) in [6.07, 6.45) is 1.16. The van der Waals surface area contributed by atoms with E-state index < -0.39 is 0 Å². The number of likely N-dealkylation sites (N-methyl/N-ethyl adjacent to an activating group) is 1. The fourth-order valence-corrected chi connectivity index (χ4v) is 3.02. The van der Waals surface area contributed by atoms with Gasteiger partial charge in [-0.1, -0.05) is 39.0 Å². The second-order valence-corrected chi connectivity index (χ2v) is 6.07. The van der Waals surface area contributed by atoms with Crippen LogP contribution in [0.4, 0.5) is 0 Å². The van der Waals surface area contributed by atoms with Crippen LogP contribution in [0.5, 0.6) is 5.75 Å². The molecule has 2 unspecified atom stereocenters. The number of ether oxygens (including phenoxy) is 1. The normalized spacial score (nSPS) is 16.0. The molecule has 0 fully saturated rings. The lowest BCUT2D eigenvalue weighted by Gasteiger charge is -2.44. The summed E-state index contributed by atoms with van der Waals surface area (Å²) in [6.45, 7) is 15.0. The molecule has 0 aliphatic rings. The minimum atomic E-state index is -0.0719. The molecule has 0 saturated heterocycles. The smallest absolute Gasteiger partial charge is 0.124 e. The fraction of sp³-hybridized carbons (Fsp3) is 0.667. The lowest BCUT2D eigenvalue weighted by Crippen LogP contribution is -2.53. The van der Waals surface area contributed by atoms with Gasteiger partial charge in [-0.15, -0.1) is 0 Å². The van der Waals surface area contributed by atoms with Crippen molar-refractivity contribution in [3.8, 4) is 5.75 Å². The monoisotopic (exact) mass is 292 g/mol. The quantitative estimate of drug-likeness (QED) is 0.787. The molecule has 0 spiro atoms. The third-order valence-electron chi connectivity index (χ3n) is 4.49. The highest BCUT2D eigenvalue weighted by Gasteiger charge is 2.36. The lowest BCUT2D eigenvalue weighted by molar-refractivity contribution is 0.0826. The van der Waals surface area contributed by atoms with Gasteiger partial charge in [-0.2, -0.15) is 0 Å². The van der Waals surface area contributed by atoms with Crippen molar-refractivity contribution in [2.45, 2.75) is 65.6 Å². The van der Waals surface area contributed by atoms with E-state index in [-0.39, 0.29) is 17.7 Å². The van der Waals surface area contributed by atoms with E-state index >= 15 is 0 Å². The first-order chi connectivity index (χ1) is 9.90. The minimum absolute atomic E-state index is 0.0695. The van der Waals surface area contributed by atoms with Crippen molar-refractivity contribution >= 4 is 0 Å². The zero-order valence-corrected chi connectivity index (χ0v) is 14.5. The van der Waals surface area contributed by atoms with Crippen molar-refractivity contribution in [1.82, 2.24) is 4.90 Å². The number of para-hydroxylation sites is 1. The SMILES string of the molecule is CCN(CC)C(C)(CC)C(N)c1ccccc1OC(C)C. The molecular formula is C18H32N2O. The van der Waals surface area contributed by atoms with Crippen molar-refractivity contribution in [3.63, 3.8) is 0 Å². The molecular weight excluding hydrogens is 260 g/mol. The van der Waals surface area contributed by atoms with Crippen LogP contribution in [0.1, 0.15) is 59.6 Å². The van der Waals surface area contributed by atoms with E-state index in [1.165, 1.54) is 0 Å². The van der Waals surface area contributed by atoms with Crippen molar-refractivity contribution in [3.05, 3.63) is 29.8 Å². The molecule has 3 heteroatoms. The molecule has 1 rings (SSSR count). The van der Waals surface area contributed by atoms with Gasteiger partial charge in [0.25, 0.3) is 0 Å². The van der Waals surface area contributed by atoms with Gasteiger partial charge >= 0.3 is 0 Å². The fourth-order valence-electron chi connectivity index (χ4n) is 3.02. The first-order valence-corrected chi connectivity index (χ1v) is 8.16. The first kappa shape index (κ1) is 18.0. The van der Waals surface area contributed by atoms with Crippen molar-refractivity contribution in [2.75, 3.05) is 13.1 Å². The lowest BCUT2D eigenvalue weighted by atomic mass is 9.83. The Morgan fingerprint density at radius 1 is 1.14 bits per heavy atom. The zero-order chi connectivity index (χ0) is 16.0. The van der Waals surface area contributed by atoms with Crippen molar-refractivity contribution in [2.24, 2.45) is 5.73 Å². The van der Waals surface area contributed by atoms with Crippen LogP contribution in [0.2, 0.25) is 0 Å². The molecule has 2 N–H and O–H groups in total. The molecule has 120 valence electrons. The Hall–Kier alpha value is -1.06. The highest BCUT2D eigenvalue weighted by Crippen LogP contribution is 2.36. The summed E-state index contributed by atoms with van der Waals surface area (Å²) in [5.74, 6) is 0.909. The molecule has 0 aliphatic carbocycles. The van der Waals surface area contributed by atoms with Crippen LogP contribution in [-0.4, -0.2) is 29.6 Å². The summed E-state index contributed by atoms with van der Waals surface area (Å²) in [6, 6.07) is 8.10. The van der Waals surface area contributed by atoms with Gasteiger partial charge < -0.3 is 10.5 Å². The second kappa shape index (κ2) is 7.81. The Morgan fingerprint density at radius 2 is 1.71 bits per heavy atom. The van der Waals surface area contributed by atoms with Gasteiger partial charge in [0.15, 0.2) is 0 Å². The van der Waals surface area contributed by atoms with Crippen molar-refractivity contribution < 1.29 is 4.74 Å². The van der Waals surface area contributed by atoms with E-state index in [9.17, 15) is 0 Å². The zero-order valence-electron chi connectivity index (χ0n) is 14.5. The van der Waals surface area contributed by atoms with Crippen LogP contribution in [-0.2, 0) is 0 Å². The van der Waals surface area contributed by atoms with Gasteiger partial charge in [0.1, 0.15) is 5.75 Å². The van der Waals surface area contributed by atoms with E-state index in [2.05, 4.69) is 38.7 Å². The molecule has 1 aromatic carbocycles. The molecule has 2 atom stereocenters. The maximum atomic E-state index is 6.69. The number of hydrogen-bond donors (Lipinski definition) is 1. The molecule has 0 amide bonds. The van der Waals surface area contributed by atoms with Gasteiger partial charge in [-0.25, -0.2) is 0 Å². The molecule has 0 saturated carbocycles. The highest BCUT2D eigenvalue weighted by molar-refractivity contribution is 5.37. The maximum absolute atomic E-state index is 6.69. The predicted molar refractivity (Wildman–Crippen MR) is 90.8 cm³/mol. The van der Waals surface area contributed by atoms with Crippen LogP contribution in [0.3, 0.4) is 0 Å². The Bertz CT molecular complexity index is 429. The molecule has 1 aromatic rings. The van der Waals surface area contributed by atoms with Crippen LogP contribution < -0.4 is 10.5 Å². The summed E-state index contributed by atoms with van der Waals surface area (Å²) in [7, 11) is 0. The Balaban J connectivity index is 3.18. The average molecular weight is 292 g/mol. The van der Waals surface area contributed by atoms with Gasteiger partial charge in [-0.05, 0) is 46.3 Å². The van der Waals surface area contributed by atoms with Gasteiger partial charge in [0.2, 0.25) is 0 Å². The molecule has 0 heterocycles. The van der Waals surface area contributed by atoms with E-state index in [4.69, 9.17) is 10.5 Å². The maximum Gasteiger partial charge on any atom is 0.124 e. The number of rotatable bonds is 8. The second-order valence-electron chi connectivity index (χ2n) is 6.07. The molecule has 0 aliphatic heterocycles.